The molecule has 0 radical (unpaired) electrons. The normalized spacial score (nSPS) is 15.7. The van der Waals surface area contributed by atoms with E-state index in [9.17, 15) is 9.59 Å². The van der Waals surface area contributed by atoms with E-state index in [1.807, 2.05) is 65.7 Å². The molecule has 2 amide bonds. The van der Waals surface area contributed by atoms with Crippen LogP contribution >= 0.6 is 0 Å². The lowest BCUT2D eigenvalue weighted by Gasteiger charge is -2.23. The third-order valence-corrected chi connectivity index (χ3v) is 4.80. The van der Waals surface area contributed by atoms with E-state index in [0.29, 0.717) is 23.4 Å². The van der Waals surface area contributed by atoms with Gasteiger partial charge in [0.1, 0.15) is 5.71 Å². The molecule has 1 aliphatic rings. The van der Waals surface area contributed by atoms with Gasteiger partial charge < -0.3 is 11.1 Å². The molecule has 0 aliphatic carbocycles. The van der Waals surface area contributed by atoms with Crippen LogP contribution in [0, 0.1) is 0 Å². The Bertz CT molecular complexity index is 1050. The van der Waals surface area contributed by atoms with Crippen LogP contribution < -0.4 is 16.1 Å². The third-order valence-electron chi connectivity index (χ3n) is 4.80. The van der Waals surface area contributed by atoms with Crippen LogP contribution in [0.5, 0.6) is 0 Å². The molecule has 29 heavy (non-hydrogen) atoms. The van der Waals surface area contributed by atoms with E-state index in [0.717, 1.165) is 11.3 Å². The first-order valence-corrected chi connectivity index (χ1v) is 9.30. The number of nitrogens with two attached hydrogens (primary N) is 1. The van der Waals surface area contributed by atoms with E-state index in [-0.39, 0.29) is 11.9 Å². The van der Waals surface area contributed by atoms with Gasteiger partial charge in [-0.25, -0.2) is 0 Å². The molecule has 4 rings (SSSR count). The Hall–Kier alpha value is -3.93. The summed E-state index contributed by atoms with van der Waals surface area (Å²) >= 11 is 0. The number of para-hydroxylation sites is 1. The van der Waals surface area contributed by atoms with Crippen molar-refractivity contribution in [2.75, 3.05) is 10.3 Å². The Morgan fingerprint density at radius 2 is 1.52 bits per heavy atom. The maximum atomic E-state index is 12.8. The van der Waals surface area contributed by atoms with E-state index in [1.165, 1.54) is 0 Å². The van der Waals surface area contributed by atoms with Gasteiger partial charge in [-0.15, -0.1) is 0 Å². The highest BCUT2D eigenvalue weighted by molar-refractivity contribution is 6.43. The van der Waals surface area contributed by atoms with Crippen LogP contribution in [0.25, 0.3) is 0 Å². The fraction of sp³-hybridized carbons (Fsp3) is 0.0870. The molecule has 3 N–H and O–H groups in total. The number of carbonyl (C=O) groups excluding carboxylic acids is 2. The van der Waals surface area contributed by atoms with Crippen molar-refractivity contribution in [3.8, 4) is 0 Å². The SMILES string of the molecule is NC(=O)c1ccc(NC(=O)C2=NN(c3ccccc3)C(c3ccccc3)C2)cc1. The number of nitrogens with one attached hydrogen (secondary N) is 1. The van der Waals surface area contributed by atoms with Crippen molar-refractivity contribution >= 4 is 28.9 Å². The minimum atomic E-state index is -0.507. The molecular weight excluding hydrogens is 364 g/mol. The number of primary amides is 1. The Kier molecular flexibility index (Phi) is 5.07. The summed E-state index contributed by atoms with van der Waals surface area (Å²) in [5, 5.41) is 9.36. The van der Waals surface area contributed by atoms with Crippen molar-refractivity contribution in [1.82, 2.24) is 0 Å². The second-order valence-electron chi connectivity index (χ2n) is 6.75. The lowest BCUT2D eigenvalue weighted by Crippen LogP contribution is -2.22. The predicted molar refractivity (Wildman–Crippen MR) is 114 cm³/mol. The fourth-order valence-electron chi connectivity index (χ4n) is 3.32. The van der Waals surface area contributed by atoms with Gasteiger partial charge in [-0.2, -0.15) is 5.10 Å². The molecule has 3 aromatic carbocycles. The molecule has 0 spiro atoms. The van der Waals surface area contributed by atoms with Crippen molar-refractivity contribution in [1.29, 1.82) is 0 Å². The van der Waals surface area contributed by atoms with Crippen LogP contribution in [-0.4, -0.2) is 17.5 Å². The Balaban J connectivity index is 1.58. The Labute approximate surface area is 168 Å². The first-order chi connectivity index (χ1) is 14.1. The summed E-state index contributed by atoms with van der Waals surface area (Å²) in [7, 11) is 0. The highest BCUT2D eigenvalue weighted by atomic mass is 16.2. The second kappa shape index (κ2) is 7.98. The van der Waals surface area contributed by atoms with Gasteiger partial charge in [0.05, 0.1) is 11.7 Å². The maximum Gasteiger partial charge on any atom is 0.271 e. The fourth-order valence-corrected chi connectivity index (χ4v) is 3.32. The zero-order valence-electron chi connectivity index (χ0n) is 15.7. The molecule has 144 valence electrons. The van der Waals surface area contributed by atoms with Crippen molar-refractivity contribution in [3.63, 3.8) is 0 Å². The van der Waals surface area contributed by atoms with E-state index < -0.39 is 5.91 Å². The quantitative estimate of drug-likeness (QED) is 0.702. The molecule has 0 bridgehead atoms. The molecule has 1 aliphatic heterocycles. The van der Waals surface area contributed by atoms with Crippen molar-refractivity contribution in [3.05, 3.63) is 96.1 Å². The molecule has 1 atom stereocenters. The molecule has 0 saturated heterocycles. The van der Waals surface area contributed by atoms with Gasteiger partial charge in [0.15, 0.2) is 0 Å². The number of hydrogen-bond acceptors (Lipinski definition) is 4. The molecule has 0 fully saturated rings. The summed E-state index contributed by atoms with van der Waals surface area (Å²) in [6.07, 6.45) is 0.490. The number of carbonyl (C=O) groups is 2. The molecule has 1 unspecified atom stereocenters. The molecule has 6 heteroatoms. The third kappa shape index (κ3) is 4.01. The second-order valence-corrected chi connectivity index (χ2v) is 6.75. The maximum absolute atomic E-state index is 12.8. The van der Waals surface area contributed by atoms with Crippen molar-refractivity contribution in [2.45, 2.75) is 12.5 Å². The van der Waals surface area contributed by atoms with Crippen LogP contribution in [0.4, 0.5) is 11.4 Å². The van der Waals surface area contributed by atoms with Gasteiger partial charge in [0.25, 0.3) is 5.91 Å². The van der Waals surface area contributed by atoms with Crippen LogP contribution in [-0.2, 0) is 4.79 Å². The zero-order valence-corrected chi connectivity index (χ0v) is 15.7. The summed E-state index contributed by atoms with van der Waals surface area (Å²) in [5.74, 6) is -0.775. The van der Waals surface area contributed by atoms with Crippen molar-refractivity contribution < 1.29 is 9.59 Å². The first-order valence-electron chi connectivity index (χ1n) is 9.30. The lowest BCUT2D eigenvalue weighted by atomic mass is 10.0. The van der Waals surface area contributed by atoms with E-state index in [4.69, 9.17) is 5.73 Å². The Morgan fingerprint density at radius 3 is 2.14 bits per heavy atom. The van der Waals surface area contributed by atoms with E-state index in [2.05, 4.69) is 10.4 Å². The van der Waals surface area contributed by atoms with Gasteiger partial charge in [-0.05, 0) is 42.0 Å². The van der Waals surface area contributed by atoms with Gasteiger partial charge in [0.2, 0.25) is 5.91 Å². The Morgan fingerprint density at radius 1 is 0.897 bits per heavy atom. The van der Waals surface area contributed by atoms with Crippen LogP contribution in [0.3, 0.4) is 0 Å². The average Bonchev–Trinajstić information content (AvgIpc) is 3.21. The van der Waals surface area contributed by atoms with Crippen LogP contribution in [0.15, 0.2) is 90.0 Å². The van der Waals surface area contributed by atoms with Gasteiger partial charge >= 0.3 is 0 Å². The summed E-state index contributed by atoms with van der Waals surface area (Å²) < 4.78 is 0. The number of anilines is 2. The summed E-state index contributed by atoms with van der Waals surface area (Å²) in [6.45, 7) is 0. The van der Waals surface area contributed by atoms with Crippen LogP contribution in [0.1, 0.15) is 28.4 Å². The average molecular weight is 384 g/mol. The number of hydrogen-bond donors (Lipinski definition) is 2. The van der Waals surface area contributed by atoms with Gasteiger partial charge in [-0.1, -0.05) is 48.5 Å². The smallest absolute Gasteiger partial charge is 0.271 e. The highest BCUT2D eigenvalue weighted by Gasteiger charge is 2.32. The standard InChI is InChI=1S/C23H20N4O2/c24-22(28)17-11-13-18(14-12-17)25-23(29)20-15-21(16-7-3-1-4-8-16)27(26-20)19-9-5-2-6-10-19/h1-14,21H,15H2,(H2,24,28)(H,25,29). The van der Waals surface area contributed by atoms with Crippen molar-refractivity contribution in [2.24, 2.45) is 10.8 Å². The minimum absolute atomic E-state index is 0.0587. The topological polar surface area (TPSA) is 87.8 Å². The molecule has 3 aromatic rings. The van der Waals surface area contributed by atoms with Crippen LogP contribution in [0.2, 0.25) is 0 Å². The number of amides is 2. The lowest BCUT2D eigenvalue weighted by molar-refractivity contribution is -0.110. The summed E-state index contributed by atoms with van der Waals surface area (Å²) in [5.41, 5.74) is 8.69. The van der Waals surface area contributed by atoms with Gasteiger partial charge in [-0.3, -0.25) is 14.6 Å². The summed E-state index contributed by atoms with van der Waals surface area (Å²) in [6, 6.07) is 26.2. The minimum Gasteiger partial charge on any atom is -0.366 e. The molecular formula is C23H20N4O2. The number of rotatable bonds is 5. The number of nitrogens with zero attached hydrogens (tertiary/aromatic N) is 2. The predicted octanol–water partition coefficient (Wildman–Crippen LogP) is 3.73. The number of hydrazone groups is 1. The van der Waals surface area contributed by atoms with E-state index in [1.54, 1.807) is 24.3 Å². The molecule has 6 nitrogen and oxygen atoms in total. The summed E-state index contributed by atoms with van der Waals surface area (Å²) in [4.78, 5) is 24.0. The zero-order chi connectivity index (χ0) is 20.2. The molecule has 1 heterocycles. The first kappa shape index (κ1) is 18.4. The van der Waals surface area contributed by atoms with E-state index >= 15 is 0 Å². The monoisotopic (exact) mass is 384 g/mol. The molecule has 0 aromatic heterocycles. The van der Waals surface area contributed by atoms with Gasteiger partial charge in [0, 0.05) is 17.7 Å². The largest absolute Gasteiger partial charge is 0.366 e. The highest BCUT2D eigenvalue weighted by Crippen LogP contribution is 2.35. The number of benzene rings is 3. The molecule has 0 saturated carbocycles.